The van der Waals surface area contributed by atoms with Gasteiger partial charge in [-0.15, -0.1) is 0 Å². The first kappa shape index (κ1) is 9.64. The summed E-state index contributed by atoms with van der Waals surface area (Å²) in [5, 5.41) is 3.85. The molecule has 0 amide bonds. The summed E-state index contributed by atoms with van der Waals surface area (Å²) in [5.74, 6) is -1.39. The zero-order valence-corrected chi connectivity index (χ0v) is 8.04. The van der Waals surface area contributed by atoms with Crippen molar-refractivity contribution < 1.29 is 8.78 Å². The van der Waals surface area contributed by atoms with Gasteiger partial charge in [0.25, 0.3) is 0 Å². The largest absolute Gasteiger partial charge is 0.396 e. The Morgan fingerprint density at radius 2 is 2.07 bits per heavy atom. The van der Waals surface area contributed by atoms with Gasteiger partial charge in [0.15, 0.2) is 5.82 Å². The van der Waals surface area contributed by atoms with Crippen LogP contribution in [0.2, 0.25) is 0 Å². The minimum absolute atomic E-state index is 0.0738. The standard InChI is InChI=1S/C10H9F2N3/c1-15-5-6(4-14-15)9-7(11)2-3-8(13)10(9)12/h2-5H,13H2,1H3. The topological polar surface area (TPSA) is 43.8 Å². The van der Waals surface area contributed by atoms with E-state index >= 15 is 0 Å². The second-order valence-corrected chi connectivity index (χ2v) is 3.23. The Balaban J connectivity index is 2.66. The maximum absolute atomic E-state index is 13.6. The number of aromatic nitrogens is 2. The normalized spacial score (nSPS) is 10.6. The van der Waals surface area contributed by atoms with Gasteiger partial charge in [-0.3, -0.25) is 4.68 Å². The maximum atomic E-state index is 13.6. The van der Waals surface area contributed by atoms with Gasteiger partial charge in [-0.25, -0.2) is 8.78 Å². The van der Waals surface area contributed by atoms with Crippen LogP contribution in [0.1, 0.15) is 0 Å². The Morgan fingerprint density at radius 3 is 2.67 bits per heavy atom. The quantitative estimate of drug-likeness (QED) is 0.729. The molecule has 0 fully saturated rings. The fourth-order valence-corrected chi connectivity index (χ4v) is 1.38. The smallest absolute Gasteiger partial charge is 0.156 e. The molecule has 0 atom stereocenters. The van der Waals surface area contributed by atoms with Gasteiger partial charge in [0.2, 0.25) is 0 Å². The molecule has 0 aliphatic rings. The SMILES string of the molecule is Cn1cc(-c2c(F)ccc(N)c2F)cn1. The summed E-state index contributed by atoms with van der Waals surface area (Å²) >= 11 is 0. The Bertz CT molecular complexity index is 505. The molecule has 0 saturated carbocycles. The number of anilines is 1. The number of nitrogen functional groups attached to an aromatic ring is 1. The molecule has 3 nitrogen and oxygen atoms in total. The fraction of sp³-hybridized carbons (Fsp3) is 0.100. The molecule has 0 bridgehead atoms. The summed E-state index contributed by atoms with van der Waals surface area (Å²) in [6.07, 6.45) is 2.92. The number of hydrogen-bond donors (Lipinski definition) is 1. The minimum atomic E-state index is -0.747. The molecular formula is C10H9F2N3. The number of rotatable bonds is 1. The van der Waals surface area contributed by atoms with E-state index in [2.05, 4.69) is 5.10 Å². The van der Waals surface area contributed by atoms with Crippen molar-refractivity contribution in [3.8, 4) is 11.1 Å². The number of nitrogens with two attached hydrogens (primary N) is 1. The highest BCUT2D eigenvalue weighted by molar-refractivity contribution is 5.68. The van der Waals surface area contributed by atoms with Crippen LogP contribution in [0.15, 0.2) is 24.5 Å². The van der Waals surface area contributed by atoms with Crippen LogP contribution < -0.4 is 5.73 Å². The van der Waals surface area contributed by atoms with Gasteiger partial charge in [0, 0.05) is 18.8 Å². The van der Waals surface area contributed by atoms with E-state index in [0.717, 1.165) is 6.07 Å². The van der Waals surface area contributed by atoms with Crippen LogP contribution in [0.25, 0.3) is 11.1 Å². The highest BCUT2D eigenvalue weighted by atomic mass is 19.1. The minimum Gasteiger partial charge on any atom is -0.396 e. The summed E-state index contributed by atoms with van der Waals surface area (Å²) in [6, 6.07) is 2.34. The Hall–Kier alpha value is -1.91. The molecule has 0 unspecified atom stereocenters. The molecule has 1 aromatic carbocycles. The molecule has 0 aliphatic carbocycles. The van der Waals surface area contributed by atoms with Crippen LogP contribution in [0.5, 0.6) is 0 Å². The third-order valence-corrected chi connectivity index (χ3v) is 2.11. The molecule has 0 aliphatic heterocycles. The van der Waals surface area contributed by atoms with Crippen molar-refractivity contribution >= 4 is 5.69 Å². The van der Waals surface area contributed by atoms with E-state index in [4.69, 9.17) is 5.73 Å². The van der Waals surface area contributed by atoms with Gasteiger partial charge in [-0.05, 0) is 12.1 Å². The first-order chi connectivity index (χ1) is 7.09. The predicted octanol–water partition coefficient (Wildman–Crippen LogP) is 1.95. The molecule has 0 saturated heterocycles. The number of benzene rings is 1. The van der Waals surface area contributed by atoms with Gasteiger partial charge in [-0.1, -0.05) is 0 Å². The van der Waals surface area contributed by atoms with E-state index in [1.165, 1.54) is 23.1 Å². The van der Waals surface area contributed by atoms with Gasteiger partial charge in [0.1, 0.15) is 5.82 Å². The van der Waals surface area contributed by atoms with Gasteiger partial charge < -0.3 is 5.73 Å². The van der Waals surface area contributed by atoms with E-state index in [0.29, 0.717) is 5.56 Å². The van der Waals surface area contributed by atoms with Gasteiger partial charge in [-0.2, -0.15) is 5.10 Å². The number of hydrogen-bond acceptors (Lipinski definition) is 2. The second kappa shape index (κ2) is 3.34. The zero-order valence-electron chi connectivity index (χ0n) is 8.04. The van der Waals surface area contributed by atoms with Gasteiger partial charge in [0.05, 0.1) is 17.4 Å². The molecule has 1 aromatic heterocycles. The lowest BCUT2D eigenvalue weighted by Crippen LogP contribution is -1.96. The third kappa shape index (κ3) is 1.56. The van der Waals surface area contributed by atoms with Crippen molar-refractivity contribution in [3.63, 3.8) is 0 Å². The molecule has 0 spiro atoms. The summed E-state index contributed by atoms with van der Waals surface area (Å²) in [5.41, 5.74) is 5.53. The maximum Gasteiger partial charge on any atom is 0.156 e. The van der Waals surface area contributed by atoms with Crippen molar-refractivity contribution in [1.29, 1.82) is 0 Å². The Morgan fingerprint density at radius 1 is 1.33 bits per heavy atom. The van der Waals surface area contributed by atoms with Crippen LogP contribution in [0, 0.1) is 11.6 Å². The predicted molar refractivity (Wildman–Crippen MR) is 53.0 cm³/mol. The summed E-state index contributed by atoms with van der Waals surface area (Å²) < 4.78 is 28.4. The van der Waals surface area contributed by atoms with Crippen molar-refractivity contribution in [2.45, 2.75) is 0 Å². The molecule has 78 valence electrons. The van der Waals surface area contributed by atoms with E-state index in [1.807, 2.05) is 0 Å². The van der Waals surface area contributed by atoms with Crippen molar-refractivity contribution in [2.24, 2.45) is 7.05 Å². The van der Waals surface area contributed by atoms with Crippen LogP contribution in [0.3, 0.4) is 0 Å². The van der Waals surface area contributed by atoms with E-state index in [-0.39, 0.29) is 11.3 Å². The first-order valence-corrected chi connectivity index (χ1v) is 4.32. The lowest BCUT2D eigenvalue weighted by molar-refractivity contribution is 0.592. The molecule has 2 rings (SSSR count). The number of nitrogens with zero attached hydrogens (tertiary/aromatic N) is 2. The lowest BCUT2D eigenvalue weighted by Gasteiger charge is -2.04. The molecule has 0 radical (unpaired) electrons. The molecule has 2 N–H and O–H groups in total. The molecular weight excluding hydrogens is 200 g/mol. The van der Waals surface area contributed by atoms with Gasteiger partial charge >= 0.3 is 0 Å². The van der Waals surface area contributed by atoms with E-state index in [9.17, 15) is 8.78 Å². The van der Waals surface area contributed by atoms with Crippen LogP contribution in [-0.4, -0.2) is 9.78 Å². The van der Waals surface area contributed by atoms with Crippen molar-refractivity contribution in [3.05, 3.63) is 36.2 Å². The summed E-state index contributed by atoms with van der Waals surface area (Å²) in [7, 11) is 1.67. The lowest BCUT2D eigenvalue weighted by atomic mass is 10.1. The summed E-state index contributed by atoms with van der Waals surface area (Å²) in [4.78, 5) is 0. The van der Waals surface area contributed by atoms with Crippen LogP contribution in [-0.2, 0) is 7.05 Å². The first-order valence-electron chi connectivity index (χ1n) is 4.32. The third-order valence-electron chi connectivity index (χ3n) is 2.11. The molecule has 5 heteroatoms. The van der Waals surface area contributed by atoms with Crippen molar-refractivity contribution in [2.75, 3.05) is 5.73 Å². The highest BCUT2D eigenvalue weighted by Gasteiger charge is 2.15. The number of halogens is 2. The average Bonchev–Trinajstić information content (AvgIpc) is 2.59. The van der Waals surface area contributed by atoms with E-state index < -0.39 is 11.6 Å². The Labute approximate surface area is 85.1 Å². The molecule has 2 aromatic rings. The molecule has 15 heavy (non-hydrogen) atoms. The monoisotopic (exact) mass is 209 g/mol. The van der Waals surface area contributed by atoms with E-state index in [1.54, 1.807) is 7.05 Å². The second-order valence-electron chi connectivity index (χ2n) is 3.23. The van der Waals surface area contributed by atoms with Crippen LogP contribution in [0.4, 0.5) is 14.5 Å². The molecule has 1 heterocycles. The highest BCUT2D eigenvalue weighted by Crippen LogP contribution is 2.28. The fourth-order valence-electron chi connectivity index (χ4n) is 1.38. The van der Waals surface area contributed by atoms with Crippen molar-refractivity contribution in [1.82, 2.24) is 9.78 Å². The summed E-state index contributed by atoms with van der Waals surface area (Å²) in [6.45, 7) is 0. The average molecular weight is 209 g/mol. The number of aryl methyl sites for hydroxylation is 1. The van der Waals surface area contributed by atoms with Crippen LogP contribution >= 0.6 is 0 Å². The Kier molecular flexibility index (Phi) is 2.15. The zero-order chi connectivity index (χ0) is 11.0.